The van der Waals surface area contributed by atoms with E-state index in [0.717, 1.165) is 17.1 Å². The number of ether oxygens (including phenoxy) is 2. The summed E-state index contributed by atoms with van der Waals surface area (Å²) in [6, 6.07) is 16.5. The van der Waals surface area contributed by atoms with E-state index in [4.69, 9.17) is 9.47 Å². The van der Waals surface area contributed by atoms with Gasteiger partial charge in [-0.3, -0.25) is 4.79 Å². The highest BCUT2D eigenvalue weighted by atomic mass is 32.2. The van der Waals surface area contributed by atoms with Crippen LogP contribution in [0.4, 0.5) is 0 Å². The molecule has 1 aliphatic rings. The molecule has 0 N–H and O–H groups in total. The van der Waals surface area contributed by atoms with Crippen molar-refractivity contribution in [1.82, 2.24) is 9.21 Å². The molecule has 1 heterocycles. The van der Waals surface area contributed by atoms with Gasteiger partial charge in [-0.15, -0.1) is 0 Å². The van der Waals surface area contributed by atoms with Crippen molar-refractivity contribution in [3.05, 3.63) is 60.2 Å². The number of amides is 1. The monoisotopic (exact) mass is 446 g/mol. The van der Waals surface area contributed by atoms with Crippen LogP contribution in [0.15, 0.2) is 54.6 Å². The van der Waals surface area contributed by atoms with Crippen LogP contribution in [0.2, 0.25) is 0 Å². The first-order chi connectivity index (χ1) is 14.9. The van der Waals surface area contributed by atoms with Crippen molar-refractivity contribution in [3.8, 4) is 11.5 Å². The Morgan fingerprint density at radius 1 is 1.03 bits per heavy atom. The molecule has 31 heavy (non-hydrogen) atoms. The van der Waals surface area contributed by atoms with E-state index in [2.05, 4.69) is 0 Å². The number of hydrogen-bond donors (Lipinski definition) is 0. The molecule has 3 rings (SSSR count). The van der Waals surface area contributed by atoms with Gasteiger partial charge in [0.1, 0.15) is 18.1 Å². The fourth-order valence-corrected chi connectivity index (χ4v) is 5.21. The molecule has 0 aromatic heterocycles. The number of carbonyl (C=O) groups excluding carboxylic acids is 1. The third-order valence-corrected chi connectivity index (χ3v) is 7.37. The standard InChI is InChI=1S/C23H30N2O5S/c1-24(16-17-30-22-10-8-21(29-2)9-11-22)23(26)20-12-14-25(15-13-20)31(27,28)18-19-6-4-3-5-7-19/h3-11,20H,12-18H2,1-2H3. The molecule has 2 aromatic carbocycles. The summed E-state index contributed by atoms with van der Waals surface area (Å²) in [4.78, 5) is 14.4. The second-order valence-corrected chi connectivity index (χ2v) is 9.67. The van der Waals surface area contributed by atoms with Crippen LogP contribution in [0.1, 0.15) is 18.4 Å². The third-order valence-electron chi connectivity index (χ3n) is 5.52. The van der Waals surface area contributed by atoms with Gasteiger partial charge >= 0.3 is 0 Å². The lowest BCUT2D eigenvalue weighted by atomic mass is 9.97. The van der Waals surface area contributed by atoms with Crippen molar-refractivity contribution in [3.63, 3.8) is 0 Å². The van der Waals surface area contributed by atoms with Gasteiger partial charge in [-0.1, -0.05) is 30.3 Å². The van der Waals surface area contributed by atoms with E-state index < -0.39 is 10.0 Å². The Hall–Kier alpha value is -2.58. The van der Waals surface area contributed by atoms with Crippen LogP contribution in [-0.4, -0.2) is 63.9 Å². The zero-order valence-electron chi connectivity index (χ0n) is 18.1. The maximum Gasteiger partial charge on any atom is 0.225 e. The van der Waals surface area contributed by atoms with Crippen molar-refractivity contribution in [2.75, 3.05) is 40.4 Å². The lowest BCUT2D eigenvalue weighted by molar-refractivity contribution is -0.135. The summed E-state index contributed by atoms with van der Waals surface area (Å²) in [7, 11) is -0.00328. The number of piperidine rings is 1. The van der Waals surface area contributed by atoms with Gasteiger partial charge in [-0.2, -0.15) is 0 Å². The van der Waals surface area contributed by atoms with Crippen molar-refractivity contribution >= 4 is 15.9 Å². The minimum Gasteiger partial charge on any atom is -0.497 e. The Kier molecular flexibility index (Phi) is 7.92. The Morgan fingerprint density at radius 3 is 2.26 bits per heavy atom. The maximum atomic E-state index is 12.8. The average molecular weight is 447 g/mol. The molecule has 1 aliphatic heterocycles. The minimum atomic E-state index is -3.38. The smallest absolute Gasteiger partial charge is 0.225 e. The molecule has 168 valence electrons. The van der Waals surface area contributed by atoms with E-state index in [1.54, 1.807) is 19.1 Å². The minimum absolute atomic E-state index is 0.00491. The van der Waals surface area contributed by atoms with Gasteiger partial charge in [0.15, 0.2) is 0 Å². The van der Waals surface area contributed by atoms with E-state index in [-0.39, 0.29) is 17.6 Å². The Labute approximate surface area is 184 Å². The summed E-state index contributed by atoms with van der Waals surface area (Å²) in [5.74, 6) is 1.36. The summed E-state index contributed by atoms with van der Waals surface area (Å²) in [6.07, 6.45) is 1.08. The first-order valence-corrected chi connectivity index (χ1v) is 12.0. The summed E-state index contributed by atoms with van der Waals surface area (Å²) < 4.78 is 37.7. The molecule has 2 aromatic rings. The maximum absolute atomic E-state index is 12.8. The molecule has 0 unspecified atom stereocenters. The number of likely N-dealkylation sites (N-methyl/N-ethyl adjacent to an activating group) is 1. The molecule has 0 radical (unpaired) electrons. The van der Waals surface area contributed by atoms with Crippen LogP contribution >= 0.6 is 0 Å². The van der Waals surface area contributed by atoms with Gasteiger partial charge in [0, 0.05) is 26.1 Å². The lowest BCUT2D eigenvalue weighted by Crippen LogP contribution is -2.44. The van der Waals surface area contributed by atoms with Crippen LogP contribution in [0.5, 0.6) is 11.5 Å². The Balaban J connectivity index is 1.43. The Bertz CT molecular complexity index is 940. The van der Waals surface area contributed by atoms with E-state index in [0.29, 0.717) is 39.1 Å². The normalized spacial score (nSPS) is 15.4. The van der Waals surface area contributed by atoms with Crippen LogP contribution in [0.25, 0.3) is 0 Å². The van der Waals surface area contributed by atoms with Crippen LogP contribution in [-0.2, 0) is 20.6 Å². The molecular formula is C23H30N2O5S. The van der Waals surface area contributed by atoms with Crippen LogP contribution < -0.4 is 9.47 Å². The van der Waals surface area contributed by atoms with Crippen molar-refractivity contribution in [2.45, 2.75) is 18.6 Å². The molecule has 0 saturated carbocycles. The van der Waals surface area contributed by atoms with Crippen molar-refractivity contribution in [2.24, 2.45) is 5.92 Å². The molecule has 0 spiro atoms. The number of sulfonamides is 1. The first-order valence-electron chi connectivity index (χ1n) is 10.4. The SMILES string of the molecule is COc1ccc(OCCN(C)C(=O)C2CCN(S(=O)(=O)Cc3ccccc3)CC2)cc1. The highest BCUT2D eigenvalue weighted by Crippen LogP contribution is 2.23. The zero-order valence-corrected chi connectivity index (χ0v) is 18.9. The fraction of sp³-hybridized carbons (Fsp3) is 0.435. The molecular weight excluding hydrogens is 416 g/mol. The highest BCUT2D eigenvalue weighted by Gasteiger charge is 2.32. The van der Waals surface area contributed by atoms with Gasteiger partial charge in [0.05, 0.1) is 19.4 Å². The molecule has 7 nitrogen and oxygen atoms in total. The van der Waals surface area contributed by atoms with Crippen LogP contribution in [0, 0.1) is 5.92 Å². The number of rotatable bonds is 9. The summed E-state index contributed by atoms with van der Waals surface area (Å²) in [5.41, 5.74) is 0.775. The van der Waals surface area contributed by atoms with Gasteiger partial charge < -0.3 is 14.4 Å². The second-order valence-electron chi connectivity index (χ2n) is 7.70. The van der Waals surface area contributed by atoms with Gasteiger partial charge in [0.2, 0.25) is 15.9 Å². The molecule has 0 bridgehead atoms. The lowest BCUT2D eigenvalue weighted by Gasteiger charge is -2.32. The fourth-order valence-electron chi connectivity index (χ4n) is 3.65. The molecule has 1 fully saturated rings. The van der Waals surface area contributed by atoms with E-state index in [1.807, 2.05) is 54.6 Å². The molecule has 1 amide bonds. The van der Waals surface area contributed by atoms with Gasteiger partial charge in [0.25, 0.3) is 0 Å². The number of hydrogen-bond acceptors (Lipinski definition) is 5. The number of methoxy groups -OCH3 is 1. The zero-order chi connectivity index (χ0) is 22.3. The molecule has 0 aliphatic carbocycles. The predicted molar refractivity (Wildman–Crippen MR) is 119 cm³/mol. The second kappa shape index (κ2) is 10.6. The van der Waals surface area contributed by atoms with Gasteiger partial charge in [-0.25, -0.2) is 12.7 Å². The molecule has 1 saturated heterocycles. The summed E-state index contributed by atoms with van der Waals surface area (Å²) in [6.45, 7) is 1.61. The molecule has 8 heteroatoms. The number of nitrogens with zero attached hydrogens (tertiary/aromatic N) is 2. The Morgan fingerprint density at radius 2 is 1.65 bits per heavy atom. The van der Waals surface area contributed by atoms with E-state index in [1.165, 1.54) is 4.31 Å². The van der Waals surface area contributed by atoms with Gasteiger partial charge in [-0.05, 0) is 42.7 Å². The van der Waals surface area contributed by atoms with Crippen molar-refractivity contribution < 1.29 is 22.7 Å². The predicted octanol–water partition coefficient (Wildman–Crippen LogP) is 2.77. The van der Waals surface area contributed by atoms with Crippen molar-refractivity contribution in [1.29, 1.82) is 0 Å². The molecule has 0 atom stereocenters. The van der Waals surface area contributed by atoms with Crippen LogP contribution in [0.3, 0.4) is 0 Å². The average Bonchev–Trinajstić information content (AvgIpc) is 2.79. The summed E-state index contributed by atoms with van der Waals surface area (Å²) in [5, 5.41) is 0. The number of carbonyl (C=O) groups is 1. The summed E-state index contributed by atoms with van der Waals surface area (Å²) >= 11 is 0. The largest absolute Gasteiger partial charge is 0.497 e. The topological polar surface area (TPSA) is 76.2 Å². The van der Waals surface area contributed by atoms with E-state index >= 15 is 0 Å². The van der Waals surface area contributed by atoms with E-state index in [9.17, 15) is 13.2 Å². The first kappa shape index (κ1) is 23.1. The number of benzene rings is 2. The third kappa shape index (κ3) is 6.45. The quantitative estimate of drug-likeness (QED) is 0.592. The highest BCUT2D eigenvalue weighted by molar-refractivity contribution is 7.88.